The third-order valence-corrected chi connectivity index (χ3v) is 6.99. The summed E-state index contributed by atoms with van der Waals surface area (Å²) in [6.45, 7) is 4.97. The SMILES string of the molecule is CC(=O)c1cc(-c2ncc(F)c(N3CCN(S(C)(=O)=O)CC3)n2)nn1Cc1ccccc1C. The first-order chi connectivity index (χ1) is 15.6. The Kier molecular flexibility index (Phi) is 6.26. The summed E-state index contributed by atoms with van der Waals surface area (Å²) in [5, 5.41) is 4.54. The van der Waals surface area contributed by atoms with Crippen LogP contribution >= 0.6 is 0 Å². The van der Waals surface area contributed by atoms with Gasteiger partial charge in [0, 0.05) is 33.1 Å². The van der Waals surface area contributed by atoms with Gasteiger partial charge in [-0.05, 0) is 24.1 Å². The summed E-state index contributed by atoms with van der Waals surface area (Å²) in [6.07, 6.45) is 2.24. The van der Waals surface area contributed by atoms with Gasteiger partial charge in [-0.2, -0.15) is 9.40 Å². The van der Waals surface area contributed by atoms with Crippen LogP contribution in [0.1, 0.15) is 28.5 Å². The minimum absolute atomic E-state index is 0.0889. The molecule has 9 nitrogen and oxygen atoms in total. The topological polar surface area (TPSA) is 101 Å². The molecule has 0 amide bonds. The molecular weight excluding hydrogens is 447 g/mol. The van der Waals surface area contributed by atoms with Crippen molar-refractivity contribution in [1.29, 1.82) is 0 Å². The number of Topliss-reactive ketones (excluding diaryl/α,β-unsaturated/α-hetero) is 1. The lowest BCUT2D eigenvalue weighted by Crippen LogP contribution is -2.48. The monoisotopic (exact) mass is 472 g/mol. The number of halogens is 1. The van der Waals surface area contributed by atoms with E-state index in [1.165, 1.54) is 11.2 Å². The maximum Gasteiger partial charge on any atom is 0.211 e. The standard InChI is InChI=1S/C22H25FN6O3S/c1-15-6-4-5-7-17(15)14-29-20(16(2)30)12-19(26-29)21-24-13-18(23)22(25-21)27-8-10-28(11-9-27)33(3,31)32/h4-7,12-13H,8-11,14H2,1-3H3. The molecule has 174 valence electrons. The summed E-state index contributed by atoms with van der Waals surface area (Å²) in [7, 11) is -3.30. The van der Waals surface area contributed by atoms with Crippen molar-refractivity contribution < 1.29 is 17.6 Å². The number of aryl methyl sites for hydroxylation is 1. The number of carbonyl (C=O) groups is 1. The van der Waals surface area contributed by atoms with Crippen molar-refractivity contribution >= 4 is 21.6 Å². The van der Waals surface area contributed by atoms with E-state index in [-0.39, 0.29) is 30.5 Å². The largest absolute Gasteiger partial charge is 0.351 e. The number of sulfonamides is 1. The molecule has 0 unspecified atom stereocenters. The van der Waals surface area contributed by atoms with E-state index >= 15 is 0 Å². The number of piperazine rings is 1. The molecule has 1 aliphatic rings. The molecule has 1 aliphatic heterocycles. The maximum absolute atomic E-state index is 14.6. The van der Waals surface area contributed by atoms with Crippen LogP contribution < -0.4 is 4.90 Å². The second-order valence-electron chi connectivity index (χ2n) is 8.07. The van der Waals surface area contributed by atoms with E-state index < -0.39 is 15.8 Å². The van der Waals surface area contributed by atoms with Crippen molar-refractivity contribution in [3.63, 3.8) is 0 Å². The van der Waals surface area contributed by atoms with E-state index in [2.05, 4.69) is 15.1 Å². The average Bonchev–Trinajstić information content (AvgIpc) is 3.19. The Bertz CT molecular complexity index is 1300. The molecule has 1 aromatic carbocycles. The van der Waals surface area contributed by atoms with Crippen molar-refractivity contribution in [1.82, 2.24) is 24.1 Å². The van der Waals surface area contributed by atoms with E-state index in [4.69, 9.17) is 0 Å². The summed E-state index contributed by atoms with van der Waals surface area (Å²) < 4.78 is 41.0. The molecule has 0 aliphatic carbocycles. The summed E-state index contributed by atoms with van der Waals surface area (Å²) in [5.41, 5.74) is 2.88. The Morgan fingerprint density at radius 1 is 1.15 bits per heavy atom. The molecule has 0 spiro atoms. The number of hydrogen-bond acceptors (Lipinski definition) is 7. The second kappa shape index (κ2) is 8.99. The van der Waals surface area contributed by atoms with Crippen LogP contribution in [0.2, 0.25) is 0 Å². The van der Waals surface area contributed by atoms with Crippen molar-refractivity contribution in [2.75, 3.05) is 37.3 Å². The van der Waals surface area contributed by atoms with E-state index in [0.717, 1.165) is 23.6 Å². The Balaban J connectivity index is 1.63. The summed E-state index contributed by atoms with van der Waals surface area (Å²) in [4.78, 5) is 22.4. The van der Waals surface area contributed by atoms with E-state index in [1.54, 1.807) is 15.6 Å². The number of nitrogens with zero attached hydrogens (tertiary/aromatic N) is 6. The Hall–Kier alpha value is -3.18. The highest BCUT2D eigenvalue weighted by Gasteiger charge is 2.26. The molecule has 3 aromatic rings. The Morgan fingerprint density at radius 2 is 1.85 bits per heavy atom. The number of carbonyl (C=O) groups excluding carboxylic acids is 1. The molecule has 1 fully saturated rings. The zero-order chi connectivity index (χ0) is 23.8. The highest BCUT2D eigenvalue weighted by molar-refractivity contribution is 7.88. The molecule has 0 saturated carbocycles. The first-order valence-electron chi connectivity index (χ1n) is 10.5. The van der Waals surface area contributed by atoms with Crippen LogP contribution in [-0.2, 0) is 16.6 Å². The minimum Gasteiger partial charge on any atom is -0.351 e. The molecule has 33 heavy (non-hydrogen) atoms. The Labute approximate surface area is 191 Å². The van der Waals surface area contributed by atoms with Crippen molar-refractivity contribution in [2.45, 2.75) is 20.4 Å². The number of anilines is 1. The molecule has 0 N–H and O–H groups in total. The summed E-state index contributed by atoms with van der Waals surface area (Å²) in [5.74, 6) is -0.465. The van der Waals surface area contributed by atoms with Crippen LogP contribution in [0.5, 0.6) is 0 Å². The van der Waals surface area contributed by atoms with Crippen molar-refractivity contribution in [3.05, 3.63) is 59.2 Å². The van der Waals surface area contributed by atoms with Crippen molar-refractivity contribution in [3.8, 4) is 11.5 Å². The van der Waals surface area contributed by atoms with E-state index in [9.17, 15) is 17.6 Å². The van der Waals surface area contributed by atoms with Crippen LogP contribution in [0.25, 0.3) is 11.5 Å². The number of hydrogen-bond donors (Lipinski definition) is 0. The fraction of sp³-hybridized carbons (Fsp3) is 0.364. The lowest BCUT2D eigenvalue weighted by Gasteiger charge is -2.34. The van der Waals surface area contributed by atoms with Crippen LogP contribution in [0.3, 0.4) is 0 Å². The second-order valence-corrected chi connectivity index (χ2v) is 10.1. The van der Waals surface area contributed by atoms with Crippen molar-refractivity contribution in [2.24, 2.45) is 0 Å². The fourth-order valence-electron chi connectivity index (χ4n) is 3.81. The molecule has 3 heterocycles. The minimum atomic E-state index is -3.30. The van der Waals surface area contributed by atoms with Gasteiger partial charge in [0.25, 0.3) is 0 Å². The number of ketones is 1. The maximum atomic E-state index is 14.6. The van der Waals surface area contributed by atoms with Crippen LogP contribution in [0.15, 0.2) is 36.5 Å². The van der Waals surface area contributed by atoms with Gasteiger partial charge >= 0.3 is 0 Å². The number of benzene rings is 1. The average molecular weight is 473 g/mol. The lowest BCUT2D eigenvalue weighted by molar-refractivity contribution is 0.100. The van der Waals surface area contributed by atoms with Gasteiger partial charge in [-0.3, -0.25) is 9.48 Å². The van der Waals surface area contributed by atoms with E-state index in [0.29, 0.717) is 31.0 Å². The number of rotatable bonds is 6. The lowest BCUT2D eigenvalue weighted by atomic mass is 10.1. The summed E-state index contributed by atoms with van der Waals surface area (Å²) >= 11 is 0. The molecular formula is C22H25FN6O3S. The van der Waals surface area contributed by atoms with Gasteiger partial charge in [-0.15, -0.1) is 0 Å². The third-order valence-electron chi connectivity index (χ3n) is 5.68. The van der Waals surface area contributed by atoms with Crippen LogP contribution in [0.4, 0.5) is 10.2 Å². The van der Waals surface area contributed by atoms with Crippen LogP contribution in [-0.4, -0.2) is 70.7 Å². The first kappa shape index (κ1) is 23.0. The van der Waals surface area contributed by atoms with Gasteiger partial charge in [0.1, 0.15) is 11.4 Å². The summed E-state index contributed by atoms with van der Waals surface area (Å²) in [6, 6.07) is 9.45. The Morgan fingerprint density at radius 3 is 2.48 bits per heavy atom. The van der Waals surface area contributed by atoms with Gasteiger partial charge < -0.3 is 4.90 Å². The normalized spacial score (nSPS) is 15.1. The molecule has 11 heteroatoms. The third kappa shape index (κ3) is 4.93. The molecule has 2 aromatic heterocycles. The molecule has 0 radical (unpaired) electrons. The molecule has 0 bridgehead atoms. The zero-order valence-electron chi connectivity index (χ0n) is 18.7. The predicted octanol–water partition coefficient (Wildman–Crippen LogP) is 2.12. The smallest absolute Gasteiger partial charge is 0.211 e. The molecule has 1 saturated heterocycles. The highest BCUT2D eigenvalue weighted by atomic mass is 32.2. The van der Waals surface area contributed by atoms with Gasteiger partial charge in [0.2, 0.25) is 10.0 Å². The first-order valence-corrected chi connectivity index (χ1v) is 12.3. The quantitative estimate of drug-likeness (QED) is 0.507. The van der Waals surface area contributed by atoms with E-state index in [1.807, 2.05) is 31.2 Å². The number of aromatic nitrogens is 4. The predicted molar refractivity (Wildman–Crippen MR) is 122 cm³/mol. The zero-order valence-corrected chi connectivity index (χ0v) is 19.5. The molecule has 4 rings (SSSR count). The van der Waals surface area contributed by atoms with Gasteiger partial charge in [-0.1, -0.05) is 24.3 Å². The van der Waals surface area contributed by atoms with Crippen LogP contribution in [0, 0.1) is 12.7 Å². The fourth-order valence-corrected chi connectivity index (χ4v) is 4.64. The van der Waals surface area contributed by atoms with Gasteiger partial charge in [0.15, 0.2) is 23.2 Å². The van der Waals surface area contributed by atoms with Gasteiger partial charge in [0.05, 0.1) is 19.0 Å². The highest BCUT2D eigenvalue weighted by Crippen LogP contribution is 2.24. The van der Waals surface area contributed by atoms with Gasteiger partial charge in [-0.25, -0.2) is 22.8 Å². The molecule has 0 atom stereocenters.